The fraction of sp³-hybridized carbons (Fsp3) is 0.231. The van der Waals surface area contributed by atoms with E-state index in [1.807, 2.05) is 0 Å². The van der Waals surface area contributed by atoms with Gasteiger partial charge in [0.2, 0.25) is 0 Å². The predicted molar refractivity (Wildman–Crippen MR) is 79.1 cm³/mol. The van der Waals surface area contributed by atoms with Gasteiger partial charge >= 0.3 is 31.0 Å². The third-order valence-corrected chi connectivity index (χ3v) is 3.37. The molecule has 9 heteroatoms. The summed E-state index contributed by atoms with van der Waals surface area (Å²) in [6, 6.07) is 4.78. The van der Waals surface area contributed by atoms with Gasteiger partial charge in [0.25, 0.3) is 0 Å². The Morgan fingerprint density at radius 3 is 2.41 bits per heavy atom. The third kappa shape index (κ3) is 5.79. The monoisotopic (exact) mass is 339 g/mol. The summed E-state index contributed by atoms with van der Waals surface area (Å²) >= 11 is 1.28. The molecule has 114 valence electrons. The number of esters is 1. The number of ether oxygens (including phenoxy) is 1. The van der Waals surface area contributed by atoms with Crippen molar-refractivity contribution < 1.29 is 43.0 Å². The summed E-state index contributed by atoms with van der Waals surface area (Å²) in [4.78, 5) is 14.9. The molecule has 0 radical (unpaired) electrons. The van der Waals surface area contributed by atoms with Crippen LogP contribution in [0.5, 0.6) is 0 Å². The Kier molecular flexibility index (Phi) is 8.46. The molecule has 0 atom stereocenters. The van der Waals surface area contributed by atoms with Gasteiger partial charge in [0.15, 0.2) is 17.4 Å². The molecule has 0 N–H and O–H groups in total. The van der Waals surface area contributed by atoms with E-state index in [0.29, 0.717) is 16.3 Å². The number of aromatic nitrogens is 1. The van der Waals surface area contributed by atoms with Crippen molar-refractivity contribution in [3.05, 3.63) is 40.9 Å². The van der Waals surface area contributed by atoms with E-state index in [-0.39, 0.29) is 44.3 Å². The van der Waals surface area contributed by atoms with Gasteiger partial charge < -0.3 is 6.16 Å². The standard InChI is InChI=1S/C13H10F3NO2S.Al.Li.4H/c1-8(18)19-6-11-7-20-12(17-11)9-2-4-10(5-3-9)13(14,15)16;;;;;;/h2-5,7H,6H2,1H3;;;;;;/q;;+1;;;;-1. The first-order valence-electron chi connectivity index (χ1n) is 5.61. The maximum Gasteiger partial charge on any atom is 1.00 e. The van der Waals surface area contributed by atoms with Crippen LogP contribution in [-0.2, 0) is 22.3 Å². The van der Waals surface area contributed by atoms with E-state index in [2.05, 4.69) is 4.98 Å². The maximum absolute atomic E-state index is 12.4. The van der Waals surface area contributed by atoms with E-state index in [1.54, 1.807) is 5.38 Å². The van der Waals surface area contributed by atoms with Crippen molar-refractivity contribution in [1.82, 2.24) is 4.98 Å². The van der Waals surface area contributed by atoms with Crippen LogP contribution in [0.25, 0.3) is 10.6 Å². The van der Waals surface area contributed by atoms with E-state index in [1.165, 1.54) is 30.4 Å². The van der Waals surface area contributed by atoms with Gasteiger partial charge in [-0.05, 0) is 12.1 Å². The summed E-state index contributed by atoms with van der Waals surface area (Å²) < 4.78 is 42.1. The molecule has 0 saturated carbocycles. The minimum absolute atomic E-state index is 0. The van der Waals surface area contributed by atoms with Crippen molar-refractivity contribution in [1.29, 1.82) is 0 Å². The molecule has 3 nitrogen and oxygen atoms in total. The van der Waals surface area contributed by atoms with Crippen LogP contribution in [0, 0.1) is 0 Å². The smallest absolute Gasteiger partial charge is 1.00 e. The molecular weight excluding hydrogens is 325 g/mol. The van der Waals surface area contributed by atoms with Gasteiger partial charge in [-0.1, -0.05) is 12.1 Å². The number of alkyl halides is 3. The number of benzene rings is 1. The zero-order chi connectivity index (χ0) is 14.8. The first-order chi connectivity index (χ1) is 9.36. The molecule has 0 amide bonds. The molecule has 2 rings (SSSR count). The fourth-order valence-electron chi connectivity index (χ4n) is 1.48. The topological polar surface area (TPSA) is 39.2 Å². The summed E-state index contributed by atoms with van der Waals surface area (Å²) in [7, 11) is 0. The van der Waals surface area contributed by atoms with Crippen molar-refractivity contribution in [2.24, 2.45) is 0 Å². The largest absolute Gasteiger partial charge is 1.00 e. The quantitative estimate of drug-likeness (QED) is 0.576. The van der Waals surface area contributed by atoms with E-state index < -0.39 is 17.7 Å². The second-order valence-corrected chi connectivity index (χ2v) is 4.86. The molecule has 0 unspecified atom stereocenters. The Bertz CT molecular complexity index is 622. The molecule has 0 aliphatic rings. The van der Waals surface area contributed by atoms with Gasteiger partial charge in [-0.3, -0.25) is 4.79 Å². The number of carbonyl (C=O) groups is 1. The molecule has 0 saturated heterocycles. The Labute approximate surface area is 153 Å². The second kappa shape index (κ2) is 8.76. The molecule has 0 aliphatic heterocycles. The molecule has 22 heavy (non-hydrogen) atoms. The van der Waals surface area contributed by atoms with Crippen LogP contribution >= 0.6 is 11.3 Å². The van der Waals surface area contributed by atoms with Gasteiger partial charge in [0.05, 0.1) is 11.3 Å². The minimum Gasteiger partial charge on any atom is -1.00 e. The molecule has 0 fully saturated rings. The van der Waals surface area contributed by atoms with Gasteiger partial charge in [0, 0.05) is 17.9 Å². The SMILES string of the molecule is CC(=O)OCc1csc(-c2ccc(C(F)(F)F)cc2)n1.[AlH3].[H-].[Li+]. The van der Waals surface area contributed by atoms with E-state index in [0.717, 1.165) is 12.1 Å². The van der Waals surface area contributed by atoms with E-state index >= 15 is 0 Å². The number of carbonyl (C=O) groups excluding carboxylic acids is 1. The summed E-state index contributed by atoms with van der Waals surface area (Å²) in [6.45, 7) is 1.36. The molecule has 1 aromatic heterocycles. The first kappa shape index (κ1) is 21.2. The zero-order valence-electron chi connectivity index (χ0n) is 12.4. The number of halogens is 3. The van der Waals surface area contributed by atoms with Crippen molar-refractivity contribution in [2.45, 2.75) is 19.7 Å². The van der Waals surface area contributed by atoms with E-state index in [4.69, 9.17) is 4.74 Å². The first-order valence-corrected chi connectivity index (χ1v) is 6.49. The van der Waals surface area contributed by atoms with Crippen LogP contribution in [0.15, 0.2) is 29.6 Å². The maximum atomic E-state index is 12.4. The van der Waals surface area contributed by atoms with Gasteiger partial charge in [0.1, 0.15) is 11.6 Å². The number of rotatable bonds is 3. The van der Waals surface area contributed by atoms with Crippen LogP contribution in [0.3, 0.4) is 0 Å². The number of thiazole rings is 1. The summed E-state index contributed by atoms with van der Waals surface area (Å²) in [5.41, 5.74) is 0.468. The van der Waals surface area contributed by atoms with Crippen molar-refractivity contribution in [3.63, 3.8) is 0 Å². The Morgan fingerprint density at radius 1 is 1.32 bits per heavy atom. The number of hydrogen-bond acceptors (Lipinski definition) is 4. The van der Waals surface area contributed by atoms with Crippen molar-refractivity contribution in [3.8, 4) is 10.6 Å². The van der Waals surface area contributed by atoms with E-state index in [9.17, 15) is 18.0 Å². The summed E-state index contributed by atoms with van der Waals surface area (Å²) in [5, 5.41) is 2.29. The predicted octanol–water partition coefficient (Wildman–Crippen LogP) is -0.175. The zero-order valence-corrected chi connectivity index (χ0v) is 12.2. The summed E-state index contributed by atoms with van der Waals surface area (Å²) in [5.74, 6) is -0.408. The molecule has 0 bridgehead atoms. The van der Waals surface area contributed by atoms with Crippen LogP contribution in [-0.4, -0.2) is 28.3 Å². The van der Waals surface area contributed by atoms with Crippen LogP contribution in [0.1, 0.15) is 19.6 Å². The molecule has 2 aromatic rings. The Morgan fingerprint density at radius 2 is 1.91 bits per heavy atom. The average molecular weight is 339 g/mol. The fourth-order valence-corrected chi connectivity index (χ4v) is 2.29. The third-order valence-electron chi connectivity index (χ3n) is 2.43. The molecule has 0 aliphatic carbocycles. The molecule has 1 heterocycles. The average Bonchev–Trinajstić information content (AvgIpc) is 2.84. The van der Waals surface area contributed by atoms with Gasteiger partial charge in [-0.2, -0.15) is 13.2 Å². The van der Waals surface area contributed by atoms with Gasteiger partial charge in [-0.15, -0.1) is 11.3 Å². The Hall–Kier alpha value is -0.760. The van der Waals surface area contributed by atoms with Crippen molar-refractivity contribution >= 4 is 34.7 Å². The number of hydrogen-bond donors (Lipinski definition) is 0. The normalized spacial score (nSPS) is 10.4. The number of nitrogens with zero attached hydrogens (tertiary/aromatic N) is 1. The van der Waals surface area contributed by atoms with Crippen molar-refractivity contribution in [2.75, 3.05) is 0 Å². The minimum atomic E-state index is -4.35. The van der Waals surface area contributed by atoms with Gasteiger partial charge in [-0.25, -0.2) is 4.98 Å². The second-order valence-electron chi connectivity index (χ2n) is 4.00. The van der Waals surface area contributed by atoms with Crippen LogP contribution in [0.2, 0.25) is 0 Å². The molecule has 1 aromatic carbocycles. The van der Waals surface area contributed by atoms with Crippen LogP contribution in [0.4, 0.5) is 13.2 Å². The Balaban J connectivity index is 0. The molecule has 0 spiro atoms. The molecular formula is C13H14AlF3LiNO2S. The van der Waals surface area contributed by atoms with Crippen LogP contribution < -0.4 is 18.9 Å². The summed E-state index contributed by atoms with van der Waals surface area (Å²) in [6.07, 6.45) is -4.35.